The van der Waals surface area contributed by atoms with E-state index in [1.54, 1.807) is 6.92 Å². The van der Waals surface area contributed by atoms with Crippen LogP contribution >= 0.6 is 0 Å². The summed E-state index contributed by atoms with van der Waals surface area (Å²) in [6.07, 6.45) is 1.39. The molecule has 6 heteroatoms. The van der Waals surface area contributed by atoms with E-state index in [0.717, 1.165) is 6.42 Å². The summed E-state index contributed by atoms with van der Waals surface area (Å²) < 4.78 is 0. The molecule has 1 unspecified atom stereocenters. The molecule has 0 spiro atoms. The quantitative estimate of drug-likeness (QED) is 0.310. The fourth-order valence-corrected chi connectivity index (χ4v) is 1.24. The van der Waals surface area contributed by atoms with E-state index in [1.807, 2.05) is 0 Å². The molecule has 0 rings (SSSR count). The van der Waals surface area contributed by atoms with E-state index < -0.39 is 5.97 Å². The molecule has 0 aromatic heterocycles. The fraction of sp³-hybridized carbons (Fsp3) is 0.700. The number of carbonyl (C=O) groups is 2. The van der Waals surface area contributed by atoms with Gasteiger partial charge in [0.25, 0.3) is 0 Å². The number of carbonyl (C=O) groups excluding carboxylic acids is 1. The van der Waals surface area contributed by atoms with Crippen LogP contribution < -0.4 is 11.5 Å². The molecule has 0 bridgehead atoms. The molecule has 0 amide bonds. The average molecular weight is 229 g/mol. The first-order valence-corrected chi connectivity index (χ1v) is 5.23. The molecular weight excluding hydrogens is 210 g/mol. The number of Topliss-reactive ketones (excluding diaryl/α,β-unsaturated/α-hetero) is 1. The average Bonchev–Trinajstić information content (AvgIpc) is 2.20. The molecular formula is C10H19N3O3. The van der Waals surface area contributed by atoms with Crippen LogP contribution in [0.1, 0.15) is 32.6 Å². The molecule has 1 atom stereocenters. The fourth-order valence-electron chi connectivity index (χ4n) is 1.24. The summed E-state index contributed by atoms with van der Waals surface area (Å²) in [6, 6.07) is 0. The summed E-state index contributed by atoms with van der Waals surface area (Å²) in [4.78, 5) is 25.5. The van der Waals surface area contributed by atoms with E-state index in [2.05, 4.69) is 4.99 Å². The third-order valence-corrected chi connectivity index (χ3v) is 2.22. The zero-order chi connectivity index (χ0) is 12.6. The second-order valence-corrected chi connectivity index (χ2v) is 3.71. The number of hydrogen-bond donors (Lipinski definition) is 3. The molecule has 0 aliphatic rings. The predicted octanol–water partition coefficient (Wildman–Crippen LogP) is 0.110. The van der Waals surface area contributed by atoms with Crippen LogP contribution in [-0.2, 0) is 9.59 Å². The lowest BCUT2D eigenvalue weighted by molar-refractivity contribution is -0.139. The minimum atomic E-state index is -0.943. The molecule has 0 radical (unpaired) electrons. The molecule has 0 aromatic carbocycles. The Morgan fingerprint density at radius 2 is 1.94 bits per heavy atom. The number of nitrogens with two attached hydrogens (primary N) is 2. The zero-order valence-corrected chi connectivity index (χ0v) is 9.48. The van der Waals surface area contributed by atoms with Gasteiger partial charge in [-0.3, -0.25) is 14.6 Å². The van der Waals surface area contributed by atoms with Gasteiger partial charge in [0, 0.05) is 18.9 Å². The highest BCUT2D eigenvalue weighted by Crippen LogP contribution is 2.10. The number of nitrogens with zero attached hydrogens (tertiary/aromatic N) is 1. The Morgan fingerprint density at radius 3 is 2.44 bits per heavy atom. The monoisotopic (exact) mass is 229 g/mol. The van der Waals surface area contributed by atoms with E-state index in [-0.39, 0.29) is 30.5 Å². The SMILES string of the molecule is CC(CCCN=C(N)N)C(=O)CCC(=O)O. The summed E-state index contributed by atoms with van der Waals surface area (Å²) in [7, 11) is 0. The second kappa shape index (κ2) is 7.67. The van der Waals surface area contributed by atoms with Gasteiger partial charge in [0.15, 0.2) is 5.96 Å². The van der Waals surface area contributed by atoms with Crippen LogP contribution in [0, 0.1) is 5.92 Å². The lowest BCUT2D eigenvalue weighted by atomic mass is 9.97. The van der Waals surface area contributed by atoms with Crippen molar-refractivity contribution in [2.45, 2.75) is 32.6 Å². The third kappa shape index (κ3) is 7.78. The highest BCUT2D eigenvalue weighted by atomic mass is 16.4. The predicted molar refractivity (Wildman–Crippen MR) is 61.0 cm³/mol. The van der Waals surface area contributed by atoms with E-state index >= 15 is 0 Å². The van der Waals surface area contributed by atoms with Gasteiger partial charge in [-0.1, -0.05) is 6.92 Å². The largest absolute Gasteiger partial charge is 0.481 e. The Morgan fingerprint density at radius 1 is 1.31 bits per heavy atom. The summed E-state index contributed by atoms with van der Waals surface area (Å²) >= 11 is 0. The van der Waals surface area contributed by atoms with Crippen LogP contribution in [0.5, 0.6) is 0 Å². The minimum absolute atomic E-state index is 0.0212. The lowest BCUT2D eigenvalue weighted by Crippen LogP contribution is -2.23. The van der Waals surface area contributed by atoms with Gasteiger partial charge in [-0.2, -0.15) is 0 Å². The van der Waals surface area contributed by atoms with Gasteiger partial charge in [0.1, 0.15) is 5.78 Å². The van der Waals surface area contributed by atoms with Crippen molar-refractivity contribution >= 4 is 17.7 Å². The Kier molecular flexibility index (Phi) is 6.91. The van der Waals surface area contributed by atoms with Crippen LogP contribution in [0.3, 0.4) is 0 Å². The van der Waals surface area contributed by atoms with Crippen LogP contribution in [-0.4, -0.2) is 29.4 Å². The molecule has 16 heavy (non-hydrogen) atoms. The highest BCUT2D eigenvalue weighted by Gasteiger charge is 2.13. The number of aliphatic carboxylic acids is 1. The van der Waals surface area contributed by atoms with Gasteiger partial charge in [-0.25, -0.2) is 0 Å². The Balaban J connectivity index is 3.71. The van der Waals surface area contributed by atoms with Crippen molar-refractivity contribution in [3.05, 3.63) is 0 Å². The summed E-state index contributed by atoms with van der Waals surface area (Å²) in [5.74, 6) is -1.05. The van der Waals surface area contributed by atoms with Gasteiger partial charge in [-0.15, -0.1) is 0 Å². The maximum atomic E-state index is 11.4. The maximum Gasteiger partial charge on any atom is 0.303 e. The number of aliphatic imine (C=N–C) groups is 1. The standard InChI is InChI=1S/C10H19N3O3/c1-7(3-2-6-13-10(11)12)8(14)4-5-9(15)16/h7H,2-6H2,1H3,(H,15,16)(H4,11,12,13). The van der Waals surface area contributed by atoms with Gasteiger partial charge in [0.05, 0.1) is 6.42 Å². The van der Waals surface area contributed by atoms with Gasteiger partial charge < -0.3 is 16.6 Å². The molecule has 6 nitrogen and oxygen atoms in total. The zero-order valence-electron chi connectivity index (χ0n) is 9.48. The number of rotatable bonds is 8. The summed E-state index contributed by atoms with van der Waals surface area (Å²) in [6.45, 7) is 2.29. The molecule has 0 fully saturated rings. The first kappa shape index (κ1) is 14.4. The minimum Gasteiger partial charge on any atom is -0.481 e. The van der Waals surface area contributed by atoms with Crippen molar-refractivity contribution in [3.63, 3.8) is 0 Å². The van der Waals surface area contributed by atoms with E-state index in [9.17, 15) is 9.59 Å². The van der Waals surface area contributed by atoms with E-state index in [0.29, 0.717) is 13.0 Å². The van der Waals surface area contributed by atoms with E-state index in [1.165, 1.54) is 0 Å². The molecule has 0 heterocycles. The normalized spacial score (nSPS) is 11.8. The third-order valence-electron chi connectivity index (χ3n) is 2.22. The summed E-state index contributed by atoms with van der Waals surface area (Å²) in [5.41, 5.74) is 10.3. The summed E-state index contributed by atoms with van der Waals surface area (Å²) in [5, 5.41) is 8.42. The second-order valence-electron chi connectivity index (χ2n) is 3.71. The Labute approximate surface area is 94.7 Å². The van der Waals surface area contributed by atoms with Gasteiger partial charge in [-0.05, 0) is 12.8 Å². The highest BCUT2D eigenvalue weighted by molar-refractivity contribution is 5.84. The molecule has 92 valence electrons. The van der Waals surface area contributed by atoms with Crippen LogP contribution in [0.4, 0.5) is 0 Å². The van der Waals surface area contributed by atoms with Crippen molar-refractivity contribution < 1.29 is 14.7 Å². The lowest BCUT2D eigenvalue weighted by Gasteiger charge is -2.08. The van der Waals surface area contributed by atoms with Gasteiger partial charge >= 0.3 is 5.97 Å². The van der Waals surface area contributed by atoms with Gasteiger partial charge in [0.2, 0.25) is 0 Å². The Hall–Kier alpha value is -1.59. The van der Waals surface area contributed by atoms with Crippen molar-refractivity contribution in [2.24, 2.45) is 22.4 Å². The topological polar surface area (TPSA) is 119 Å². The van der Waals surface area contributed by atoms with Crippen molar-refractivity contribution in [1.82, 2.24) is 0 Å². The first-order chi connectivity index (χ1) is 7.43. The molecule has 0 saturated heterocycles. The number of carboxylic acid groups (broad SMARTS) is 1. The first-order valence-electron chi connectivity index (χ1n) is 5.23. The van der Waals surface area contributed by atoms with Crippen molar-refractivity contribution in [1.29, 1.82) is 0 Å². The number of guanidine groups is 1. The number of hydrogen-bond acceptors (Lipinski definition) is 3. The molecule has 0 saturated carbocycles. The van der Waals surface area contributed by atoms with E-state index in [4.69, 9.17) is 16.6 Å². The number of ketones is 1. The molecule has 5 N–H and O–H groups in total. The smallest absolute Gasteiger partial charge is 0.303 e. The van der Waals surface area contributed by atoms with Crippen molar-refractivity contribution in [3.8, 4) is 0 Å². The molecule has 0 aliphatic carbocycles. The van der Waals surface area contributed by atoms with Crippen LogP contribution in [0.2, 0.25) is 0 Å². The maximum absolute atomic E-state index is 11.4. The molecule has 0 aliphatic heterocycles. The van der Waals surface area contributed by atoms with Crippen molar-refractivity contribution in [2.75, 3.05) is 6.54 Å². The molecule has 0 aromatic rings. The number of carboxylic acids is 1. The Bertz CT molecular complexity index is 272. The van der Waals surface area contributed by atoms with Crippen LogP contribution in [0.15, 0.2) is 4.99 Å². The van der Waals surface area contributed by atoms with Crippen LogP contribution in [0.25, 0.3) is 0 Å².